The lowest BCUT2D eigenvalue weighted by Gasteiger charge is -2.33. The molecule has 31 heavy (non-hydrogen) atoms. The summed E-state index contributed by atoms with van der Waals surface area (Å²) in [4.78, 5) is 17.2. The molecule has 4 rings (SSSR count). The molecular weight excluding hydrogens is 454 g/mol. The topological polar surface area (TPSA) is 44.8 Å². The van der Waals surface area contributed by atoms with Gasteiger partial charge >= 0.3 is 6.03 Å². The van der Waals surface area contributed by atoms with E-state index in [4.69, 9.17) is 4.74 Å². The first kappa shape index (κ1) is 22.9. The van der Waals surface area contributed by atoms with Crippen LogP contribution in [0.1, 0.15) is 63.9 Å². The molecule has 3 fully saturated rings. The maximum absolute atomic E-state index is 12.4. The molecule has 2 amide bonds. The van der Waals surface area contributed by atoms with Crippen LogP contribution < -0.4 is 10.1 Å². The Balaban J connectivity index is 1.19. The molecule has 172 valence electrons. The summed E-state index contributed by atoms with van der Waals surface area (Å²) in [6.07, 6.45) is 11.0. The van der Waals surface area contributed by atoms with Gasteiger partial charge in [0.15, 0.2) is 0 Å². The van der Waals surface area contributed by atoms with Gasteiger partial charge in [-0.3, -0.25) is 0 Å². The molecule has 1 atom stereocenters. The molecule has 0 spiro atoms. The van der Waals surface area contributed by atoms with Gasteiger partial charge in [-0.15, -0.1) is 0 Å². The maximum atomic E-state index is 12.4. The Labute approximate surface area is 196 Å². The zero-order chi connectivity index (χ0) is 21.6. The number of nitrogens with zero attached hydrogens (tertiary/aromatic N) is 2. The van der Waals surface area contributed by atoms with E-state index in [1.54, 1.807) is 0 Å². The maximum Gasteiger partial charge on any atom is 0.317 e. The van der Waals surface area contributed by atoms with Gasteiger partial charge in [-0.2, -0.15) is 0 Å². The number of ether oxygens (including phenoxy) is 1. The molecule has 3 aliphatic rings. The number of likely N-dealkylation sites (tertiary alicyclic amines) is 1. The summed E-state index contributed by atoms with van der Waals surface area (Å²) < 4.78 is 6.87. The first-order valence-electron chi connectivity index (χ1n) is 12.3. The smallest absolute Gasteiger partial charge is 0.317 e. The summed E-state index contributed by atoms with van der Waals surface area (Å²) in [6, 6.07) is 7.33. The van der Waals surface area contributed by atoms with Gasteiger partial charge in [-0.1, -0.05) is 35.2 Å². The number of carbonyl (C=O) groups is 1. The zero-order valence-corrected chi connectivity index (χ0v) is 20.5. The van der Waals surface area contributed by atoms with Crippen molar-refractivity contribution >= 4 is 22.0 Å². The summed E-state index contributed by atoms with van der Waals surface area (Å²) in [6.45, 7) is 7.08. The van der Waals surface area contributed by atoms with E-state index in [9.17, 15) is 4.79 Å². The summed E-state index contributed by atoms with van der Waals surface area (Å²) in [5.41, 5.74) is 1.36. The Morgan fingerprint density at radius 1 is 1.13 bits per heavy atom. The molecule has 0 aromatic heterocycles. The van der Waals surface area contributed by atoms with E-state index in [-0.39, 0.29) is 6.03 Å². The largest absolute Gasteiger partial charge is 0.494 e. The highest BCUT2D eigenvalue weighted by atomic mass is 79.9. The standard InChI is InChI=1S/C25H38BrN3O2/c1-2-31-23-8-9-24(26)20(17-23)16-19-10-13-28(14-11-19)15-12-21-18-29(25(30)27-21)22-6-4-3-5-7-22/h8-9,17,19,21-22H,2-7,10-16,18H2,1H3,(H,27,30). The van der Waals surface area contributed by atoms with Gasteiger partial charge in [0, 0.05) is 29.6 Å². The van der Waals surface area contributed by atoms with E-state index in [1.807, 2.05) is 13.0 Å². The van der Waals surface area contributed by atoms with Crippen LogP contribution in [0.4, 0.5) is 4.79 Å². The summed E-state index contributed by atoms with van der Waals surface area (Å²) in [7, 11) is 0. The second-order valence-electron chi connectivity index (χ2n) is 9.55. The van der Waals surface area contributed by atoms with E-state index in [2.05, 4.69) is 43.2 Å². The summed E-state index contributed by atoms with van der Waals surface area (Å²) in [5.74, 6) is 1.71. The van der Waals surface area contributed by atoms with Gasteiger partial charge in [0.05, 0.1) is 6.61 Å². The lowest BCUT2D eigenvalue weighted by Crippen LogP contribution is -2.39. The first-order valence-corrected chi connectivity index (χ1v) is 13.1. The lowest BCUT2D eigenvalue weighted by molar-refractivity contribution is 0.171. The van der Waals surface area contributed by atoms with Gasteiger partial charge in [-0.25, -0.2) is 4.79 Å². The SMILES string of the molecule is CCOc1ccc(Br)c(CC2CCN(CCC3CN(C4CCCCC4)C(=O)N3)CC2)c1. The highest BCUT2D eigenvalue weighted by Crippen LogP contribution is 2.29. The fourth-order valence-corrected chi connectivity index (χ4v) is 5.93. The number of urea groups is 1. The van der Waals surface area contributed by atoms with Crippen LogP contribution in [0.2, 0.25) is 0 Å². The van der Waals surface area contributed by atoms with Crippen LogP contribution in [0, 0.1) is 5.92 Å². The number of carbonyl (C=O) groups excluding carboxylic acids is 1. The van der Waals surface area contributed by atoms with Crippen molar-refractivity contribution in [3.8, 4) is 5.75 Å². The van der Waals surface area contributed by atoms with Gasteiger partial charge in [0.2, 0.25) is 0 Å². The molecule has 1 N–H and O–H groups in total. The fourth-order valence-electron chi connectivity index (χ4n) is 5.52. The van der Waals surface area contributed by atoms with Gasteiger partial charge in [0.1, 0.15) is 5.75 Å². The minimum absolute atomic E-state index is 0.176. The number of piperidine rings is 1. The van der Waals surface area contributed by atoms with Crippen molar-refractivity contribution in [2.45, 2.75) is 76.8 Å². The Bertz CT molecular complexity index is 729. The number of benzene rings is 1. The molecule has 2 saturated heterocycles. The molecule has 1 saturated carbocycles. The summed E-state index contributed by atoms with van der Waals surface area (Å²) in [5, 5.41) is 3.25. The van der Waals surface area contributed by atoms with Gasteiger partial charge in [0.25, 0.3) is 0 Å². The first-order chi connectivity index (χ1) is 15.1. The van der Waals surface area contributed by atoms with Crippen LogP contribution in [0.3, 0.4) is 0 Å². The average molecular weight is 493 g/mol. The van der Waals surface area contributed by atoms with Crippen molar-refractivity contribution < 1.29 is 9.53 Å². The Morgan fingerprint density at radius 2 is 1.90 bits per heavy atom. The number of amides is 2. The molecule has 1 aromatic rings. The van der Waals surface area contributed by atoms with Crippen molar-refractivity contribution in [3.05, 3.63) is 28.2 Å². The zero-order valence-electron chi connectivity index (χ0n) is 19.0. The van der Waals surface area contributed by atoms with Crippen molar-refractivity contribution in [3.63, 3.8) is 0 Å². The van der Waals surface area contributed by atoms with Gasteiger partial charge in [-0.05, 0) is 88.2 Å². The van der Waals surface area contributed by atoms with Crippen molar-refractivity contribution in [1.82, 2.24) is 15.1 Å². The minimum Gasteiger partial charge on any atom is -0.494 e. The number of hydrogen-bond acceptors (Lipinski definition) is 3. The van der Waals surface area contributed by atoms with Crippen molar-refractivity contribution in [2.24, 2.45) is 5.92 Å². The minimum atomic E-state index is 0.176. The molecule has 1 aromatic carbocycles. The van der Waals surface area contributed by atoms with E-state index in [1.165, 1.54) is 68.1 Å². The van der Waals surface area contributed by atoms with Crippen molar-refractivity contribution in [2.75, 3.05) is 32.8 Å². The molecule has 2 aliphatic heterocycles. The normalized spacial score (nSPS) is 23.9. The Hall–Kier alpha value is -1.27. The molecule has 0 bridgehead atoms. The van der Waals surface area contributed by atoms with Crippen molar-refractivity contribution in [1.29, 1.82) is 0 Å². The monoisotopic (exact) mass is 491 g/mol. The van der Waals surface area contributed by atoms with E-state index in [0.29, 0.717) is 18.7 Å². The predicted molar refractivity (Wildman–Crippen MR) is 129 cm³/mol. The van der Waals surface area contributed by atoms with Gasteiger partial charge < -0.3 is 19.9 Å². The Kier molecular flexibility index (Phi) is 8.16. The van der Waals surface area contributed by atoms with Crippen LogP contribution in [0.15, 0.2) is 22.7 Å². The van der Waals surface area contributed by atoms with E-state index in [0.717, 1.165) is 37.6 Å². The van der Waals surface area contributed by atoms with E-state index < -0.39 is 0 Å². The van der Waals surface area contributed by atoms with E-state index >= 15 is 0 Å². The molecular formula is C25H38BrN3O2. The molecule has 1 aliphatic carbocycles. The second-order valence-corrected chi connectivity index (χ2v) is 10.4. The number of rotatable bonds is 8. The molecule has 2 heterocycles. The highest BCUT2D eigenvalue weighted by molar-refractivity contribution is 9.10. The highest BCUT2D eigenvalue weighted by Gasteiger charge is 2.34. The predicted octanol–water partition coefficient (Wildman–Crippen LogP) is 5.22. The fraction of sp³-hybridized carbons (Fsp3) is 0.720. The third-order valence-electron chi connectivity index (χ3n) is 7.36. The van der Waals surface area contributed by atoms with Crippen LogP contribution >= 0.6 is 15.9 Å². The number of halogens is 1. The lowest BCUT2D eigenvalue weighted by atomic mass is 9.90. The van der Waals surface area contributed by atoms with Crippen LogP contribution in [-0.2, 0) is 6.42 Å². The molecule has 6 heteroatoms. The average Bonchev–Trinajstić information content (AvgIpc) is 3.17. The molecule has 1 unspecified atom stereocenters. The summed E-state index contributed by atoms with van der Waals surface area (Å²) >= 11 is 3.72. The number of nitrogens with one attached hydrogen (secondary N) is 1. The number of hydrogen-bond donors (Lipinski definition) is 1. The van der Waals surface area contributed by atoms with Crippen LogP contribution in [0.25, 0.3) is 0 Å². The third kappa shape index (κ3) is 6.16. The third-order valence-corrected chi connectivity index (χ3v) is 8.13. The molecule has 0 radical (unpaired) electrons. The van der Waals surface area contributed by atoms with Crippen LogP contribution in [-0.4, -0.2) is 60.7 Å². The quantitative estimate of drug-likeness (QED) is 0.541. The van der Waals surface area contributed by atoms with Crippen LogP contribution in [0.5, 0.6) is 5.75 Å². The molecule has 5 nitrogen and oxygen atoms in total. The Morgan fingerprint density at radius 3 is 2.65 bits per heavy atom. The second kappa shape index (κ2) is 11.0.